The summed E-state index contributed by atoms with van der Waals surface area (Å²) in [7, 11) is 4.41. The normalized spacial score (nSPS) is 11.6. The first-order valence-electron chi connectivity index (χ1n) is 8.41. The average molecular weight is 384 g/mol. The summed E-state index contributed by atoms with van der Waals surface area (Å²) in [6.07, 6.45) is -0.620. The van der Waals surface area contributed by atoms with E-state index in [1.807, 2.05) is 6.07 Å². The van der Waals surface area contributed by atoms with E-state index < -0.39 is 17.7 Å². The van der Waals surface area contributed by atoms with E-state index in [2.05, 4.69) is 9.97 Å². The predicted octanol–water partition coefficient (Wildman–Crippen LogP) is 3.78. The highest BCUT2D eigenvalue weighted by Gasteiger charge is 2.16. The number of ether oxygens (including phenoxy) is 3. The molecule has 28 heavy (non-hydrogen) atoms. The molecule has 0 fully saturated rings. The molecule has 0 unspecified atom stereocenters. The average Bonchev–Trinajstić information content (AvgIpc) is 3.10. The van der Waals surface area contributed by atoms with Gasteiger partial charge < -0.3 is 23.6 Å². The Morgan fingerprint density at radius 2 is 1.89 bits per heavy atom. The minimum atomic E-state index is -0.620. The second kappa shape index (κ2) is 7.06. The number of rotatable bonds is 5. The molecule has 7 nitrogen and oxygen atoms in total. The third kappa shape index (κ3) is 3.02. The zero-order valence-corrected chi connectivity index (χ0v) is 15.4. The fourth-order valence-electron chi connectivity index (χ4n) is 3.16. The van der Waals surface area contributed by atoms with Crippen molar-refractivity contribution in [1.29, 1.82) is 0 Å². The van der Waals surface area contributed by atoms with Crippen LogP contribution in [0.15, 0.2) is 45.6 Å². The lowest BCUT2D eigenvalue weighted by atomic mass is 10.1. The summed E-state index contributed by atoms with van der Waals surface area (Å²) in [5, 5.41) is 0.980. The predicted molar refractivity (Wildman–Crippen MR) is 101 cm³/mol. The molecule has 0 amide bonds. The first-order valence-corrected chi connectivity index (χ1v) is 8.41. The van der Waals surface area contributed by atoms with Gasteiger partial charge in [-0.15, -0.1) is 0 Å². The summed E-state index contributed by atoms with van der Waals surface area (Å²) < 4.78 is 35.1. The molecule has 0 saturated heterocycles. The summed E-state index contributed by atoms with van der Waals surface area (Å²) in [6.45, 7) is 0. The molecule has 0 bridgehead atoms. The number of nitrogens with one attached hydrogen (secondary N) is 1. The van der Waals surface area contributed by atoms with Gasteiger partial charge in [0.05, 0.1) is 12.6 Å². The third-order valence-electron chi connectivity index (χ3n) is 4.43. The van der Waals surface area contributed by atoms with E-state index in [-0.39, 0.29) is 16.7 Å². The van der Waals surface area contributed by atoms with Crippen LogP contribution in [0.3, 0.4) is 0 Å². The standard InChI is InChI=1S/C20H17FN2O5/c1-25-15-9-12(21)8-13-17(15)19(24)23-18(22-13)10-4-5-14-11(6-10)7-16(28-14)20(26-2)27-3/h4-9,20H,1-3H3,(H,22,23,24). The lowest BCUT2D eigenvalue weighted by Gasteiger charge is -2.08. The molecule has 0 aliphatic carbocycles. The lowest BCUT2D eigenvalue weighted by Crippen LogP contribution is -2.11. The van der Waals surface area contributed by atoms with Gasteiger partial charge in [0.15, 0.2) is 5.76 Å². The molecule has 2 aromatic carbocycles. The molecule has 0 saturated carbocycles. The van der Waals surface area contributed by atoms with Crippen LogP contribution in [0.2, 0.25) is 0 Å². The van der Waals surface area contributed by atoms with E-state index in [9.17, 15) is 9.18 Å². The highest BCUT2D eigenvalue weighted by atomic mass is 19.1. The number of nitrogens with zero attached hydrogens (tertiary/aromatic N) is 1. The number of aromatic amines is 1. The summed E-state index contributed by atoms with van der Waals surface area (Å²) in [5.74, 6) is 0.428. The van der Waals surface area contributed by atoms with Gasteiger partial charge in [-0.25, -0.2) is 9.37 Å². The van der Waals surface area contributed by atoms with Crippen molar-refractivity contribution in [2.24, 2.45) is 0 Å². The fourth-order valence-corrected chi connectivity index (χ4v) is 3.16. The van der Waals surface area contributed by atoms with Gasteiger partial charge >= 0.3 is 0 Å². The molecule has 0 aliphatic heterocycles. The van der Waals surface area contributed by atoms with Gasteiger partial charge in [-0.05, 0) is 24.3 Å². The smallest absolute Gasteiger partial charge is 0.262 e. The minimum Gasteiger partial charge on any atom is -0.496 e. The number of hydrogen-bond acceptors (Lipinski definition) is 6. The van der Waals surface area contributed by atoms with Crippen LogP contribution in [0, 0.1) is 5.82 Å². The number of fused-ring (bicyclic) bond motifs is 2. The molecule has 0 radical (unpaired) electrons. The monoisotopic (exact) mass is 384 g/mol. The van der Waals surface area contributed by atoms with Crippen LogP contribution >= 0.6 is 0 Å². The molecular weight excluding hydrogens is 367 g/mol. The second-order valence-corrected chi connectivity index (χ2v) is 6.12. The summed E-state index contributed by atoms with van der Waals surface area (Å²) in [5.41, 5.74) is 1.08. The van der Waals surface area contributed by atoms with Crippen LogP contribution in [-0.2, 0) is 9.47 Å². The maximum Gasteiger partial charge on any atom is 0.262 e. The number of benzene rings is 2. The van der Waals surface area contributed by atoms with Gasteiger partial charge in [-0.3, -0.25) is 4.79 Å². The van der Waals surface area contributed by atoms with E-state index >= 15 is 0 Å². The van der Waals surface area contributed by atoms with Gasteiger partial charge in [0.25, 0.3) is 5.56 Å². The van der Waals surface area contributed by atoms with Crippen molar-refractivity contribution < 1.29 is 23.0 Å². The number of hydrogen-bond donors (Lipinski definition) is 1. The molecule has 2 heterocycles. The molecule has 1 N–H and O–H groups in total. The van der Waals surface area contributed by atoms with Crippen molar-refractivity contribution >= 4 is 21.9 Å². The summed E-state index contributed by atoms with van der Waals surface area (Å²) in [4.78, 5) is 19.7. The van der Waals surface area contributed by atoms with Gasteiger partial charge in [0, 0.05) is 37.3 Å². The van der Waals surface area contributed by atoms with Crippen molar-refractivity contribution in [1.82, 2.24) is 9.97 Å². The molecule has 4 rings (SSSR count). The number of aromatic nitrogens is 2. The molecule has 2 aromatic heterocycles. The number of furan rings is 1. The van der Waals surface area contributed by atoms with Crippen molar-refractivity contribution in [3.63, 3.8) is 0 Å². The molecule has 0 atom stereocenters. The molecule has 8 heteroatoms. The van der Waals surface area contributed by atoms with Crippen LogP contribution in [0.1, 0.15) is 12.1 Å². The highest BCUT2D eigenvalue weighted by molar-refractivity contribution is 5.87. The molecule has 0 aliphatic rings. The molecule has 144 valence electrons. The van der Waals surface area contributed by atoms with Gasteiger partial charge in [-0.1, -0.05) is 0 Å². The van der Waals surface area contributed by atoms with Crippen LogP contribution in [-0.4, -0.2) is 31.3 Å². The van der Waals surface area contributed by atoms with Gasteiger partial charge in [0.2, 0.25) is 6.29 Å². The zero-order valence-electron chi connectivity index (χ0n) is 15.4. The van der Waals surface area contributed by atoms with Gasteiger partial charge in [0.1, 0.15) is 28.4 Å². The van der Waals surface area contributed by atoms with E-state index in [1.165, 1.54) is 27.4 Å². The second-order valence-electron chi connectivity index (χ2n) is 6.12. The number of halogens is 1. The quantitative estimate of drug-likeness (QED) is 0.527. The molecular formula is C20H17FN2O5. The lowest BCUT2D eigenvalue weighted by molar-refractivity contribution is -0.117. The highest BCUT2D eigenvalue weighted by Crippen LogP contribution is 2.30. The zero-order chi connectivity index (χ0) is 19.8. The van der Waals surface area contributed by atoms with E-state index in [0.29, 0.717) is 22.7 Å². The maximum atomic E-state index is 13.8. The first-order chi connectivity index (χ1) is 13.5. The summed E-state index contributed by atoms with van der Waals surface area (Å²) in [6, 6.07) is 9.47. The van der Waals surface area contributed by atoms with Crippen molar-refractivity contribution in [3.8, 4) is 17.1 Å². The van der Waals surface area contributed by atoms with Crippen molar-refractivity contribution in [2.45, 2.75) is 6.29 Å². The first kappa shape index (κ1) is 18.1. The Hall–Kier alpha value is -3.23. The Kier molecular flexibility index (Phi) is 4.58. The summed E-state index contributed by atoms with van der Waals surface area (Å²) >= 11 is 0. The van der Waals surface area contributed by atoms with E-state index in [4.69, 9.17) is 18.6 Å². The Morgan fingerprint density at radius 1 is 1.11 bits per heavy atom. The fraction of sp³-hybridized carbons (Fsp3) is 0.200. The number of methoxy groups -OCH3 is 3. The van der Waals surface area contributed by atoms with E-state index in [0.717, 1.165) is 11.5 Å². The van der Waals surface area contributed by atoms with Crippen molar-refractivity contribution in [2.75, 3.05) is 21.3 Å². The Morgan fingerprint density at radius 3 is 2.61 bits per heavy atom. The Bertz CT molecular complexity index is 1230. The molecule has 0 spiro atoms. The van der Waals surface area contributed by atoms with Crippen molar-refractivity contribution in [3.05, 3.63) is 58.3 Å². The maximum absolute atomic E-state index is 13.8. The largest absolute Gasteiger partial charge is 0.496 e. The van der Waals surface area contributed by atoms with Crippen LogP contribution in [0.4, 0.5) is 4.39 Å². The van der Waals surface area contributed by atoms with Crippen LogP contribution < -0.4 is 10.3 Å². The topological polar surface area (TPSA) is 86.6 Å². The van der Waals surface area contributed by atoms with Crippen LogP contribution in [0.5, 0.6) is 5.75 Å². The van der Waals surface area contributed by atoms with E-state index in [1.54, 1.807) is 18.2 Å². The Labute approximate surface area is 158 Å². The molecule has 4 aromatic rings. The minimum absolute atomic E-state index is 0.135. The van der Waals surface area contributed by atoms with Gasteiger partial charge in [-0.2, -0.15) is 0 Å². The number of H-pyrrole nitrogens is 1. The Balaban J connectivity index is 1.85. The SMILES string of the molecule is COc1cc(F)cc2nc(-c3ccc4oc(C(OC)OC)cc4c3)[nH]c(=O)c12. The van der Waals surface area contributed by atoms with Crippen LogP contribution in [0.25, 0.3) is 33.3 Å². The third-order valence-corrected chi connectivity index (χ3v) is 4.43.